The van der Waals surface area contributed by atoms with Crippen LogP contribution in [-0.4, -0.2) is 24.6 Å². The lowest BCUT2D eigenvalue weighted by atomic mass is 9.82. The Labute approximate surface area is 123 Å². The molecular formula is C17H18O4. The zero-order valence-electron chi connectivity index (χ0n) is 12.4. The van der Waals surface area contributed by atoms with Crippen LogP contribution in [0.15, 0.2) is 35.4 Å². The second-order valence-electron chi connectivity index (χ2n) is 5.27. The number of hydrogen-bond acceptors (Lipinski definition) is 4. The van der Waals surface area contributed by atoms with Crippen LogP contribution < -0.4 is 0 Å². The summed E-state index contributed by atoms with van der Waals surface area (Å²) in [4.78, 5) is 36.2. The van der Waals surface area contributed by atoms with Crippen LogP contribution in [0, 0.1) is 5.92 Å². The summed E-state index contributed by atoms with van der Waals surface area (Å²) in [6.45, 7) is 3.43. The highest BCUT2D eigenvalue weighted by Crippen LogP contribution is 2.29. The zero-order chi connectivity index (χ0) is 15.6. The molecule has 0 fully saturated rings. The number of rotatable bonds is 4. The fraction of sp³-hybridized carbons (Fsp3) is 0.353. The van der Waals surface area contributed by atoms with Crippen molar-refractivity contribution in [2.75, 3.05) is 7.11 Å². The van der Waals surface area contributed by atoms with Gasteiger partial charge in [0.05, 0.1) is 13.0 Å². The number of esters is 1. The van der Waals surface area contributed by atoms with Gasteiger partial charge in [-0.3, -0.25) is 14.4 Å². The Balaban J connectivity index is 2.24. The van der Waals surface area contributed by atoms with Crippen LogP contribution in [0.3, 0.4) is 0 Å². The van der Waals surface area contributed by atoms with E-state index in [-0.39, 0.29) is 23.5 Å². The van der Waals surface area contributed by atoms with Gasteiger partial charge in [-0.05, 0) is 19.8 Å². The van der Waals surface area contributed by atoms with Gasteiger partial charge in [-0.15, -0.1) is 0 Å². The summed E-state index contributed by atoms with van der Waals surface area (Å²) in [6, 6.07) is 6.85. The molecule has 0 saturated heterocycles. The highest BCUT2D eigenvalue weighted by molar-refractivity contribution is 6.26. The molecule has 0 saturated carbocycles. The van der Waals surface area contributed by atoms with Gasteiger partial charge >= 0.3 is 5.97 Å². The van der Waals surface area contributed by atoms with Gasteiger partial charge < -0.3 is 4.74 Å². The maximum Gasteiger partial charge on any atom is 0.308 e. The monoisotopic (exact) mass is 286 g/mol. The summed E-state index contributed by atoms with van der Waals surface area (Å²) >= 11 is 0. The average molecular weight is 286 g/mol. The van der Waals surface area contributed by atoms with E-state index in [2.05, 4.69) is 4.74 Å². The van der Waals surface area contributed by atoms with E-state index < -0.39 is 0 Å². The standard InChI is InChI=1S/C17H18O4/c1-10(17(20)21-3)8-9-12-11(2)15(18)13-6-4-5-7-14(13)16(12)19/h4-7,10H,8-9H2,1-3H3. The Hall–Kier alpha value is -2.23. The van der Waals surface area contributed by atoms with Crippen LogP contribution in [0.25, 0.3) is 0 Å². The van der Waals surface area contributed by atoms with Crippen molar-refractivity contribution >= 4 is 17.5 Å². The van der Waals surface area contributed by atoms with Crippen LogP contribution in [0.4, 0.5) is 0 Å². The number of methoxy groups -OCH3 is 1. The summed E-state index contributed by atoms with van der Waals surface area (Å²) in [5, 5.41) is 0. The fourth-order valence-electron chi connectivity index (χ4n) is 2.53. The second kappa shape index (κ2) is 6.04. The molecule has 0 aliphatic heterocycles. The molecule has 2 rings (SSSR count). The second-order valence-corrected chi connectivity index (χ2v) is 5.27. The first-order valence-corrected chi connectivity index (χ1v) is 6.93. The molecule has 0 spiro atoms. The van der Waals surface area contributed by atoms with Crippen LogP contribution in [0.1, 0.15) is 47.4 Å². The quantitative estimate of drug-likeness (QED) is 0.798. The third-order valence-electron chi connectivity index (χ3n) is 3.91. The number of allylic oxidation sites excluding steroid dienone is 2. The summed E-state index contributed by atoms with van der Waals surface area (Å²) in [5.74, 6) is -0.815. The van der Waals surface area contributed by atoms with Gasteiger partial charge in [0, 0.05) is 22.3 Å². The molecule has 0 N–H and O–H groups in total. The Kier molecular flexibility index (Phi) is 4.36. The molecule has 110 valence electrons. The van der Waals surface area contributed by atoms with Crippen molar-refractivity contribution < 1.29 is 19.1 Å². The molecule has 0 heterocycles. The Morgan fingerprint density at radius 1 is 1.14 bits per heavy atom. The maximum absolute atomic E-state index is 12.5. The minimum Gasteiger partial charge on any atom is -0.469 e. The van der Waals surface area contributed by atoms with Crippen LogP contribution in [0.2, 0.25) is 0 Å². The molecule has 1 aromatic rings. The largest absolute Gasteiger partial charge is 0.469 e. The Morgan fingerprint density at radius 2 is 1.71 bits per heavy atom. The van der Waals surface area contributed by atoms with Crippen molar-refractivity contribution in [2.24, 2.45) is 5.92 Å². The minimum atomic E-state index is -0.303. The molecule has 21 heavy (non-hydrogen) atoms. The van der Waals surface area contributed by atoms with E-state index in [1.807, 2.05) is 0 Å². The first-order chi connectivity index (χ1) is 9.97. The zero-order valence-corrected chi connectivity index (χ0v) is 12.4. The highest BCUT2D eigenvalue weighted by Gasteiger charge is 2.29. The number of hydrogen-bond donors (Lipinski definition) is 0. The molecule has 0 bridgehead atoms. The predicted molar refractivity (Wildman–Crippen MR) is 78.2 cm³/mol. The molecule has 1 atom stereocenters. The van der Waals surface area contributed by atoms with Crippen molar-refractivity contribution in [1.29, 1.82) is 0 Å². The number of benzene rings is 1. The Bertz CT molecular complexity index is 640. The van der Waals surface area contributed by atoms with Crippen molar-refractivity contribution in [3.8, 4) is 0 Å². The summed E-state index contributed by atoms with van der Waals surface area (Å²) < 4.78 is 4.68. The molecule has 1 aliphatic carbocycles. The van der Waals surface area contributed by atoms with Gasteiger partial charge in [-0.2, -0.15) is 0 Å². The molecule has 0 aromatic heterocycles. The third kappa shape index (κ3) is 2.79. The minimum absolute atomic E-state index is 0.106. The molecule has 1 aliphatic rings. The maximum atomic E-state index is 12.5. The predicted octanol–water partition coefficient (Wildman–Crippen LogP) is 2.97. The van der Waals surface area contributed by atoms with E-state index >= 15 is 0 Å². The smallest absolute Gasteiger partial charge is 0.308 e. The number of Topliss-reactive ketones (excluding diaryl/α,β-unsaturated/α-hetero) is 2. The normalized spacial score (nSPS) is 15.8. The summed E-state index contributed by atoms with van der Waals surface area (Å²) in [7, 11) is 1.34. The number of carbonyl (C=O) groups is 3. The van der Waals surface area contributed by atoms with Gasteiger partial charge in [0.1, 0.15) is 0 Å². The molecule has 4 nitrogen and oxygen atoms in total. The van der Waals surface area contributed by atoms with Gasteiger partial charge in [-0.1, -0.05) is 31.2 Å². The average Bonchev–Trinajstić information content (AvgIpc) is 2.51. The van der Waals surface area contributed by atoms with Gasteiger partial charge in [0.15, 0.2) is 11.6 Å². The summed E-state index contributed by atoms with van der Waals surface area (Å²) in [6.07, 6.45) is 0.890. The number of ether oxygens (including phenoxy) is 1. The molecule has 1 unspecified atom stereocenters. The molecule has 0 amide bonds. The first kappa shape index (κ1) is 15.2. The number of ketones is 2. The molecule has 0 radical (unpaired) electrons. The van der Waals surface area contributed by atoms with Crippen LogP contribution >= 0.6 is 0 Å². The number of fused-ring (bicyclic) bond motifs is 1. The van der Waals surface area contributed by atoms with E-state index in [9.17, 15) is 14.4 Å². The van der Waals surface area contributed by atoms with Crippen molar-refractivity contribution in [3.05, 3.63) is 46.5 Å². The lowest BCUT2D eigenvalue weighted by Gasteiger charge is -2.19. The lowest BCUT2D eigenvalue weighted by Crippen LogP contribution is -2.22. The van der Waals surface area contributed by atoms with E-state index in [0.29, 0.717) is 35.1 Å². The molecular weight excluding hydrogens is 268 g/mol. The SMILES string of the molecule is COC(=O)C(C)CCC1=C(C)C(=O)c2ccccc2C1=O. The van der Waals surface area contributed by atoms with E-state index in [1.54, 1.807) is 38.1 Å². The molecule has 1 aromatic carbocycles. The fourth-order valence-corrected chi connectivity index (χ4v) is 2.53. The van der Waals surface area contributed by atoms with E-state index in [4.69, 9.17) is 0 Å². The van der Waals surface area contributed by atoms with Gasteiger partial charge in [0.25, 0.3) is 0 Å². The van der Waals surface area contributed by atoms with Crippen molar-refractivity contribution in [2.45, 2.75) is 26.7 Å². The van der Waals surface area contributed by atoms with E-state index in [0.717, 1.165) is 0 Å². The van der Waals surface area contributed by atoms with E-state index in [1.165, 1.54) is 7.11 Å². The van der Waals surface area contributed by atoms with Crippen LogP contribution in [0.5, 0.6) is 0 Å². The van der Waals surface area contributed by atoms with Crippen molar-refractivity contribution in [1.82, 2.24) is 0 Å². The van der Waals surface area contributed by atoms with Gasteiger partial charge in [0.2, 0.25) is 0 Å². The molecule has 4 heteroatoms. The van der Waals surface area contributed by atoms with Crippen molar-refractivity contribution in [3.63, 3.8) is 0 Å². The highest BCUT2D eigenvalue weighted by atomic mass is 16.5. The lowest BCUT2D eigenvalue weighted by molar-refractivity contribution is -0.145. The summed E-state index contributed by atoms with van der Waals surface area (Å²) in [5.41, 5.74) is 1.91. The Morgan fingerprint density at radius 3 is 2.29 bits per heavy atom. The van der Waals surface area contributed by atoms with Crippen LogP contribution in [-0.2, 0) is 9.53 Å². The topological polar surface area (TPSA) is 60.4 Å². The third-order valence-corrected chi connectivity index (χ3v) is 3.91. The first-order valence-electron chi connectivity index (χ1n) is 6.93. The number of carbonyl (C=O) groups excluding carboxylic acids is 3. The van der Waals surface area contributed by atoms with Gasteiger partial charge in [-0.25, -0.2) is 0 Å².